The van der Waals surface area contributed by atoms with Crippen molar-refractivity contribution in [1.82, 2.24) is 0 Å². The summed E-state index contributed by atoms with van der Waals surface area (Å²) in [5, 5.41) is 12.4. The van der Waals surface area contributed by atoms with Crippen LogP contribution in [0.15, 0.2) is 35.9 Å². The number of aromatic carboxylic acids is 1. The van der Waals surface area contributed by atoms with E-state index in [1.54, 1.807) is 12.1 Å². The van der Waals surface area contributed by atoms with Gasteiger partial charge in [-0.25, -0.2) is 4.79 Å². The highest BCUT2D eigenvalue weighted by atomic mass is 16.4. The molecule has 108 valence electrons. The van der Waals surface area contributed by atoms with Gasteiger partial charge in [0.05, 0.1) is 5.56 Å². The van der Waals surface area contributed by atoms with Crippen LogP contribution < -0.4 is 5.32 Å². The normalized spacial score (nSPS) is 17.6. The van der Waals surface area contributed by atoms with Gasteiger partial charge in [-0.2, -0.15) is 0 Å². The molecule has 1 aliphatic rings. The van der Waals surface area contributed by atoms with Crippen molar-refractivity contribution in [3.8, 4) is 0 Å². The van der Waals surface area contributed by atoms with E-state index in [4.69, 9.17) is 5.11 Å². The summed E-state index contributed by atoms with van der Waals surface area (Å²) in [6.45, 7) is 2.18. The van der Waals surface area contributed by atoms with E-state index >= 15 is 0 Å². The zero-order valence-corrected chi connectivity index (χ0v) is 12.1. The lowest BCUT2D eigenvalue weighted by molar-refractivity contribution is 0.0697. The highest BCUT2D eigenvalue weighted by Gasteiger charge is 2.10. The van der Waals surface area contributed by atoms with Crippen LogP contribution in [0.1, 0.15) is 55.8 Å². The van der Waals surface area contributed by atoms with Crippen LogP contribution in [0, 0.1) is 0 Å². The Morgan fingerprint density at radius 1 is 1.15 bits per heavy atom. The summed E-state index contributed by atoms with van der Waals surface area (Å²) in [5.74, 6) is -0.882. The minimum atomic E-state index is -0.882. The van der Waals surface area contributed by atoms with Crippen molar-refractivity contribution in [2.75, 3.05) is 5.32 Å². The molecule has 0 bridgehead atoms. The van der Waals surface area contributed by atoms with E-state index in [0.29, 0.717) is 11.6 Å². The molecule has 0 saturated carbocycles. The van der Waals surface area contributed by atoms with Gasteiger partial charge in [0.1, 0.15) is 0 Å². The maximum Gasteiger partial charge on any atom is 0.335 e. The Balaban J connectivity index is 1.99. The molecule has 1 aromatic rings. The Kier molecular flexibility index (Phi) is 5.22. The van der Waals surface area contributed by atoms with Gasteiger partial charge in [-0.15, -0.1) is 0 Å². The maximum absolute atomic E-state index is 10.8. The molecule has 0 spiro atoms. The second-order valence-corrected chi connectivity index (χ2v) is 5.48. The highest BCUT2D eigenvalue weighted by Crippen LogP contribution is 2.22. The van der Waals surface area contributed by atoms with Crippen molar-refractivity contribution in [2.45, 2.75) is 51.5 Å². The molecule has 1 atom stereocenters. The largest absolute Gasteiger partial charge is 0.478 e. The fourth-order valence-corrected chi connectivity index (χ4v) is 2.66. The van der Waals surface area contributed by atoms with E-state index in [-0.39, 0.29) is 0 Å². The van der Waals surface area contributed by atoms with Gasteiger partial charge < -0.3 is 10.4 Å². The Morgan fingerprint density at radius 3 is 2.55 bits per heavy atom. The average Bonchev–Trinajstić information content (AvgIpc) is 2.38. The van der Waals surface area contributed by atoms with E-state index < -0.39 is 5.97 Å². The Hall–Kier alpha value is -1.77. The molecule has 2 N–H and O–H groups in total. The standard InChI is InChI=1S/C17H23NO2/c1-13(14-7-5-3-2-4-6-8-14)18-16-11-9-15(10-12-16)17(19)20/h7,9-13,18H,2-6,8H2,1H3,(H,19,20). The SMILES string of the molecule is CC(Nc1ccc(C(=O)O)cc1)C1=CCCCCCC1. The highest BCUT2D eigenvalue weighted by molar-refractivity contribution is 5.88. The summed E-state index contributed by atoms with van der Waals surface area (Å²) in [7, 11) is 0. The number of allylic oxidation sites excluding steroid dienone is 1. The molecule has 0 heterocycles. The van der Waals surface area contributed by atoms with Crippen molar-refractivity contribution in [1.29, 1.82) is 0 Å². The predicted octanol–water partition coefficient (Wildman–Crippen LogP) is 4.47. The number of hydrogen-bond acceptors (Lipinski definition) is 2. The van der Waals surface area contributed by atoms with Crippen LogP contribution in [0.5, 0.6) is 0 Å². The molecule has 0 amide bonds. The first-order valence-electron chi connectivity index (χ1n) is 7.45. The number of benzene rings is 1. The van der Waals surface area contributed by atoms with Crippen LogP contribution in [0.25, 0.3) is 0 Å². The molecule has 0 aliphatic heterocycles. The Labute approximate surface area is 120 Å². The Bertz CT molecular complexity index is 476. The maximum atomic E-state index is 10.8. The summed E-state index contributed by atoms with van der Waals surface area (Å²) in [4.78, 5) is 10.8. The van der Waals surface area contributed by atoms with Gasteiger partial charge in [-0.3, -0.25) is 0 Å². The first-order valence-corrected chi connectivity index (χ1v) is 7.45. The van der Waals surface area contributed by atoms with Gasteiger partial charge in [0, 0.05) is 11.7 Å². The average molecular weight is 273 g/mol. The summed E-state index contributed by atoms with van der Waals surface area (Å²) in [5.41, 5.74) is 2.78. The van der Waals surface area contributed by atoms with Crippen molar-refractivity contribution in [3.63, 3.8) is 0 Å². The number of nitrogens with one attached hydrogen (secondary N) is 1. The molecule has 2 rings (SSSR count). The lowest BCUT2D eigenvalue weighted by Crippen LogP contribution is -2.18. The quantitative estimate of drug-likeness (QED) is 0.796. The lowest BCUT2D eigenvalue weighted by Gasteiger charge is -2.21. The zero-order valence-electron chi connectivity index (χ0n) is 12.1. The van der Waals surface area contributed by atoms with Crippen LogP contribution in [0.3, 0.4) is 0 Å². The number of carboxylic acids is 1. The van der Waals surface area contributed by atoms with E-state index in [0.717, 1.165) is 5.69 Å². The first-order chi connectivity index (χ1) is 9.66. The van der Waals surface area contributed by atoms with E-state index in [2.05, 4.69) is 18.3 Å². The molecule has 3 nitrogen and oxygen atoms in total. The van der Waals surface area contributed by atoms with Gasteiger partial charge in [0.2, 0.25) is 0 Å². The van der Waals surface area contributed by atoms with E-state index in [1.165, 1.54) is 44.1 Å². The van der Waals surface area contributed by atoms with Gasteiger partial charge >= 0.3 is 5.97 Å². The van der Waals surface area contributed by atoms with Crippen molar-refractivity contribution < 1.29 is 9.90 Å². The molecule has 0 saturated heterocycles. The molecule has 3 heteroatoms. The van der Waals surface area contributed by atoms with Crippen LogP contribution in [-0.2, 0) is 0 Å². The second-order valence-electron chi connectivity index (χ2n) is 5.48. The Morgan fingerprint density at radius 2 is 1.85 bits per heavy atom. The third-order valence-electron chi connectivity index (χ3n) is 3.90. The topological polar surface area (TPSA) is 49.3 Å². The van der Waals surface area contributed by atoms with Gasteiger partial charge in [-0.05, 0) is 56.9 Å². The van der Waals surface area contributed by atoms with Crippen LogP contribution in [0.4, 0.5) is 5.69 Å². The van der Waals surface area contributed by atoms with Crippen molar-refractivity contribution in [3.05, 3.63) is 41.5 Å². The number of hydrogen-bond donors (Lipinski definition) is 2. The third kappa shape index (κ3) is 4.12. The lowest BCUT2D eigenvalue weighted by atomic mass is 9.95. The summed E-state index contributed by atoms with van der Waals surface area (Å²) in [6.07, 6.45) is 9.97. The smallest absolute Gasteiger partial charge is 0.335 e. The van der Waals surface area contributed by atoms with Crippen LogP contribution >= 0.6 is 0 Å². The predicted molar refractivity (Wildman–Crippen MR) is 82.3 cm³/mol. The fraction of sp³-hybridized carbons (Fsp3) is 0.471. The van der Waals surface area contributed by atoms with E-state index in [9.17, 15) is 4.79 Å². The minimum Gasteiger partial charge on any atom is -0.478 e. The van der Waals surface area contributed by atoms with Crippen molar-refractivity contribution >= 4 is 11.7 Å². The van der Waals surface area contributed by atoms with Gasteiger partial charge in [-0.1, -0.05) is 24.5 Å². The number of rotatable bonds is 4. The summed E-state index contributed by atoms with van der Waals surface area (Å²) < 4.78 is 0. The summed E-state index contributed by atoms with van der Waals surface area (Å²) in [6, 6.07) is 7.27. The van der Waals surface area contributed by atoms with E-state index in [1.807, 2.05) is 12.1 Å². The third-order valence-corrected chi connectivity index (χ3v) is 3.90. The van der Waals surface area contributed by atoms with Gasteiger partial charge in [0.15, 0.2) is 0 Å². The van der Waals surface area contributed by atoms with Crippen LogP contribution in [-0.4, -0.2) is 17.1 Å². The minimum absolute atomic E-state index is 0.309. The molecule has 1 aromatic carbocycles. The van der Waals surface area contributed by atoms with Crippen LogP contribution in [0.2, 0.25) is 0 Å². The number of carboxylic acid groups (broad SMARTS) is 1. The monoisotopic (exact) mass is 273 g/mol. The molecule has 20 heavy (non-hydrogen) atoms. The van der Waals surface area contributed by atoms with Gasteiger partial charge in [0.25, 0.3) is 0 Å². The molecule has 0 aromatic heterocycles. The second kappa shape index (κ2) is 7.13. The molecular weight excluding hydrogens is 250 g/mol. The number of anilines is 1. The molecule has 1 unspecified atom stereocenters. The molecule has 0 fully saturated rings. The zero-order chi connectivity index (χ0) is 14.4. The first kappa shape index (κ1) is 14.6. The summed E-state index contributed by atoms with van der Waals surface area (Å²) >= 11 is 0. The molecular formula is C17H23NO2. The number of carbonyl (C=O) groups is 1. The molecule has 1 aliphatic carbocycles. The molecule has 0 radical (unpaired) electrons. The van der Waals surface area contributed by atoms with Crippen molar-refractivity contribution in [2.24, 2.45) is 0 Å². The fourth-order valence-electron chi connectivity index (χ4n) is 2.66.